The van der Waals surface area contributed by atoms with Crippen LogP contribution in [0.25, 0.3) is 11.1 Å². The summed E-state index contributed by atoms with van der Waals surface area (Å²) in [4.78, 5) is 56.4. The Morgan fingerprint density at radius 3 is 2.38 bits per heavy atom. The number of anilines is 1. The lowest BCUT2D eigenvalue weighted by Crippen LogP contribution is -2.39. The summed E-state index contributed by atoms with van der Waals surface area (Å²) in [5.74, 6) is -0.732. The van der Waals surface area contributed by atoms with Crippen molar-refractivity contribution < 1.29 is 24.2 Å². The van der Waals surface area contributed by atoms with E-state index in [0.717, 1.165) is 33.6 Å². The Morgan fingerprint density at radius 2 is 1.79 bits per heavy atom. The van der Waals surface area contributed by atoms with E-state index >= 15 is 0 Å². The Hall–Kier alpha value is -4.60. The van der Waals surface area contributed by atoms with Crippen LogP contribution in [0.15, 0.2) is 47.3 Å². The molecule has 222 valence electrons. The molecule has 3 aromatic rings. The van der Waals surface area contributed by atoms with E-state index in [2.05, 4.69) is 15.2 Å². The second kappa shape index (κ2) is 12.9. The molecule has 4 rings (SSSR count). The summed E-state index contributed by atoms with van der Waals surface area (Å²) in [6.07, 6.45) is -0.267. The summed E-state index contributed by atoms with van der Waals surface area (Å²) in [5, 5.41) is 12.4. The Bertz CT molecular complexity index is 1550. The van der Waals surface area contributed by atoms with Crippen molar-refractivity contribution >= 4 is 23.7 Å². The van der Waals surface area contributed by atoms with Gasteiger partial charge in [0.25, 0.3) is 11.5 Å². The van der Waals surface area contributed by atoms with Crippen molar-refractivity contribution in [2.24, 2.45) is 0 Å². The van der Waals surface area contributed by atoms with Crippen LogP contribution in [0, 0.1) is 20.8 Å². The van der Waals surface area contributed by atoms with Crippen LogP contribution >= 0.6 is 0 Å². The van der Waals surface area contributed by atoms with Gasteiger partial charge in [-0.25, -0.2) is 9.59 Å². The zero-order valence-electron chi connectivity index (χ0n) is 24.7. The molecule has 10 heteroatoms. The number of H-pyrrole nitrogens is 1. The smallest absolute Gasteiger partial charge is 0.407 e. The number of carboxylic acid groups (broad SMARTS) is 1. The van der Waals surface area contributed by atoms with E-state index in [1.165, 1.54) is 4.90 Å². The van der Waals surface area contributed by atoms with E-state index < -0.39 is 12.1 Å². The van der Waals surface area contributed by atoms with Crippen LogP contribution in [0.2, 0.25) is 0 Å². The number of likely N-dealkylation sites (N-methyl/N-ethyl adjacent to an activating group) is 1. The summed E-state index contributed by atoms with van der Waals surface area (Å²) < 4.78 is 5.11. The van der Waals surface area contributed by atoms with Gasteiger partial charge in [-0.1, -0.05) is 12.1 Å². The monoisotopic (exact) mass is 574 g/mol. The molecular formula is C32H38N4O6. The number of amides is 2. The van der Waals surface area contributed by atoms with Gasteiger partial charge in [0.2, 0.25) is 0 Å². The largest absolute Gasteiger partial charge is 0.465 e. The van der Waals surface area contributed by atoms with Gasteiger partial charge in [-0.3, -0.25) is 9.59 Å². The molecule has 0 radical (unpaired) electrons. The number of nitrogens with zero attached hydrogens (tertiary/aromatic N) is 2. The quantitative estimate of drug-likeness (QED) is 0.317. The summed E-state index contributed by atoms with van der Waals surface area (Å²) in [5.41, 5.74) is 5.85. The maximum absolute atomic E-state index is 13.7. The molecule has 1 unspecified atom stereocenters. The van der Waals surface area contributed by atoms with Gasteiger partial charge >= 0.3 is 12.1 Å². The van der Waals surface area contributed by atoms with Crippen molar-refractivity contribution in [3.8, 4) is 11.1 Å². The van der Waals surface area contributed by atoms with Crippen LogP contribution in [0.1, 0.15) is 63.4 Å². The number of hydrogen-bond acceptors (Lipinski definition) is 6. The fourth-order valence-corrected chi connectivity index (χ4v) is 5.57. The van der Waals surface area contributed by atoms with Gasteiger partial charge in [-0.05, 0) is 93.6 Å². The van der Waals surface area contributed by atoms with E-state index in [1.54, 1.807) is 19.1 Å². The van der Waals surface area contributed by atoms with Crippen LogP contribution in [0.4, 0.5) is 10.5 Å². The molecule has 10 nitrogen and oxygen atoms in total. The van der Waals surface area contributed by atoms with Gasteiger partial charge in [-0.2, -0.15) is 0 Å². The van der Waals surface area contributed by atoms with E-state index in [9.17, 15) is 24.3 Å². The number of benzene rings is 2. The number of hydrogen-bond donors (Lipinski definition) is 3. The predicted molar refractivity (Wildman–Crippen MR) is 161 cm³/mol. The molecule has 1 aliphatic heterocycles. The molecule has 2 aromatic carbocycles. The molecule has 1 aromatic heterocycles. The number of aromatic amines is 1. The SMILES string of the molecule is CCOC(=O)c1ccc(-c2cc(C(=O)NCc3c(C)cc(C)[nH]c3=O)c(C)c(N(CC)C3CCN(C(=O)O)C3)c2)cc1. The average Bonchev–Trinajstić information content (AvgIpc) is 3.44. The molecule has 42 heavy (non-hydrogen) atoms. The number of esters is 1. The van der Waals surface area contributed by atoms with Crippen molar-refractivity contribution in [2.75, 3.05) is 31.1 Å². The maximum atomic E-state index is 13.7. The minimum absolute atomic E-state index is 0.0454. The lowest BCUT2D eigenvalue weighted by Gasteiger charge is -2.32. The van der Waals surface area contributed by atoms with Crippen molar-refractivity contribution in [2.45, 2.75) is 53.6 Å². The zero-order valence-corrected chi connectivity index (χ0v) is 24.7. The number of nitrogens with one attached hydrogen (secondary N) is 2. The number of carbonyl (C=O) groups excluding carboxylic acids is 2. The highest BCUT2D eigenvalue weighted by molar-refractivity contribution is 5.99. The molecule has 0 aliphatic carbocycles. The summed E-state index contributed by atoms with van der Waals surface area (Å²) >= 11 is 0. The van der Waals surface area contributed by atoms with E-state index in [-0.39, 0.29) is 30.7 Å². The van der Waals surface area contributed by atoms with Crippen LogP contribution < -0.4 is 15.8 Å². The highest BCUT2D eigenvalue weighted by Crippen LogP contribution is 2.34. The van der Waals surface area contributed by atoms with E-state index in [0.29, 0.717) is 42.7 Å². The molecule has 0 spiro atoms. The Balaban J connectivity index is 1.74. The van der Waals surface area contributed by atoms with E-state index in [4.69, 9.17) is 4.74 Å². The van der Waals surface area contributed by atoms with Gasteiger partial charge in [-0.15, -0.1) is 0 Å². The van der Waals surface area contributed by atoms with Crippen molar-refractivity contribution in [1.82, 2.24) is 15.2 Å². The Labute approximate surface area is 245 Å². The molecule has 0 bridgehead atoms. The first-order valence-corrected chi connectivity index (χ1v) is 14.2. The van der Waals surface area contributed by atoms with Crippen LogP contribution in [-0.2, 0) is 11.3 Å². The maximum Gasteiger partial charge on any atom is 0.407 e. The molecule has 2 heterocycles. The van der Waals surface area contributed by atoms with Crippen LogP contribution in [-0.4, -0.2) is 65.2 Å². The molecular weight excluding hydrogens is 536 g/mol. The Kier molecular flexibility index (Phi) is 9.35. The summed E-state index contributed by atoms with van der Waals surface area (Å²) in [7, 11) is 0. The van der Waals surface area contributed by atoms with Gasteiger partial charge in [0.1, 0.15) is 0 Å². The Morgan fingerprint density at radius 1 is 1.07 bits per heavy atom. The third-order valence-electron chi connectivity index (χ3n) is 7.80. The summed E-state index contributed by atoms with van der Waals surface area (Å²) in [6, 6.07) is 12.7. The van der Waals surface area contributed by atoms with Crippen LogP contribution in [0.3, 0.4) is 0 Å². The molecule has 1 aliphatic rings. The normalized spacial score (nSPS) is 14.5. The highest BCUT2D eigenvalue weighted by Gasteiger charge is 2.31. The molecule has 1 saturated heterocycles. The number of ether oxygens (including phenoxy) is 1. The third kappa shape index (κ3) is 6.48. The minimum atomic E-state index is -0.942. The van der Waals surface area contributed by atoms with Gasteiger partial charge in [0.05, 0.1) is 12.2 Å². The number of likely N-dealkylation sites (tertiary alicyclic amines) is 1. The van der Waals surface area contributed by atoms with Crippen molar-refractivity contribution in [1.29, 1.82) is 0 Å². The predicted octanol–water partition coefficient (Wildman–Crippen LogP) is 4.65. The third-order valence-corrected chi connectivity index (χ3v) is 7.80. The number of pyridine rings is 1. The van der Waals surface area contributed by atoms with Gasteiger partial charge in [0.15, 0.2) is 0 Å². The number of aromatic nitrogens is 1. The second-order valence-electron chi connectivity index (χ2n) is 10.5. The molecule has 0 saturated carbocycles. The molecule has 2 amide bonds. The van der Waals surface area contributed by atoms with Gasteiger partial charge < -0.3 is 29.9 Å². The number of aryl methyl sites for hydroxylation is 2. The van der Waals surface area contributed by atoms with Gasteiger partial charge in [0, 0.05) is 54.7 Å². The fraction of sp³-hybridized carbons (Fsp3) is 0.375. The summed E-state index contributed by atoms with van der Waals surface area (Å²) in [6.45, 7) is 11.1. The first-order chi connectivity index (χ1) is 20.0. The molecule has 3 N–H and O–H groups in total. The fourth-order valence-electron chi connectivity index (χ4n) is 5.57. The molecule has 1 fully saturated rings. The lowest BCUT2D eigenvalue weighted by molar-refractivity contribution is 0.0526. The number of rotatable bonds is 9. The second-order valence-corrected chi connectivity index (χ2v) is 10.5. The topological polar surface area (TPSA) is 132 Å². The first-order valence-electron chi connectivity index (χ1n) is 14.2. The van der Waals surface area contributed by atoms with E-state index in [1.807, 2.05) is 58.0 Å². The van der Waals surface area contributed by atoms with Crippen molar-refractivity contribution in [3.05, 3.63) is 86.3 Å². The zero-order chi connectivity index (χ0) is 30.6. The average molecular weight is 575 g/mol. The highest BCUT2D eigenvalue weighted by atomic mass is 16.5. The molecule has 1 atom stereocenters. The van der Waals surface area contributed by atoms with Crippen LogP contribution in [0.5, 0.6) is 0 Å². The minimum Gasteiger partial charge on any atom is -0.465 e. The first kappa shape index (κ1) is 30.4. The number of carbonyl (C=O) groups is 3. The van der Waals surface area contributed by atoms with Crippen molar-refractivity contribution in [3.63, 3.8) is 0 Å². The standard InChI is InChI=1S/C32H38N4O6/c1-6-36(25-12-13-35(18-25)32(40)41)28-16-24(22-8-10-23(11-9-22)31(39)42-7-2)15-26(21(28)5)29(37)33-17-27-19(3)14-20(4)34-30(27)38/h8-11,14-16,25H,6-7,12-13,17-18H2,1-5H3,(H,33,37)(H,34,38)(H,40,41). The lowest BCUT2D eigenvalue weighted by atomic mass is 9.95.